The predicted octanol–water partition coefficient (Wildman–Crippen LogP) is 5.72. The van der Waals surface area contributed by atoms with Crippen molar-refractivity contribution in [1.29, 1.82) is 0 Å². The van der Waals surface area contributed by atoms with Crippen LogP contribution in [0.3, 0.4) is 0 Å². The van der Waals surface area contributed by atoms with E-state index in [2.05, 4.69) is 28.1 Å². The van der Waals surface area contributed by atoms with Crippen molar-refractivity contribution in [1.82, 2.24) is 4.57 Å². The maximum Gasteiger partial charge on any atom is 0.353 e. The lowest BCUT2D eigenvalue weighted by molar-refractivity contribution is 0.0684. The fourth-order valence-electron chi connectivity index (χ4n) is 3.37. The van der Waals surface area contributed by atoms with Gasteiger partial charge in [-0.25, -0.2) is 4.79 Å². The molecule has 3 aromatic carbocycles. The lowest BCUT2D eigenvalue weighted by Crippen LogP contribution is -2.11. The van der Waals surface area contributed by atoms with Crippen LogP contribution in [0.2, 0.25) is 0 Å². The average Bonchev–Trinajstić information content (AvgIpc) is 2.97. The highest BCUT2D eigenvalue weighted by Crippen LogP contribution is 2.31. The van der Waals surface area contributed by atoms with Crippen LogP contribution in [0.5, 0.6) is 5.75 Å². The Morgan fingerprint density at radius 3 is 2.56 bits per heavy atom. The molecule has 0 saturated heterocycles. The third kappa shape index (κ3) is 3.43. The number of benzene rings is 3. The van der Waals surface area contributed by atoms with E-state index in [9.17, 15) is 9.90 Å². The maximum atomic E-state index is 11.7. The van der Waals surface area contributed by atoms with E-state index in [0.29, 0.717) is 24.0 Å². The molecule has 1 aromatic heterocycles. The zero-order chi connectivity index (χ0) is 18.8. The average molecular weight is 424 g/mol. The molecule has 0 fully saturated rings. The van der Waals surface area contributed by atoms with Crippen LogP contribution in [-0.2, 0) is 6.54 Å². The Morgan fingerprint density at radius 1 is 1.00 bits per heavy atom. The minimum Gasteiger partial charge on any atom is -0.494 e. The summed E-state index contributed by atoms with van der Waals surface area (Å²) in [6, 6.07) is 21.9. The second-order valence-corrected chi connectivity index (χ2v) is 7.14. The number of aromatic nitrogens is 1. The molecule has 0 atom stereocenters. The van der Waals surface area contributed by atoms with Gasteiger partial charge in [0.25, 0.3) is 0 Å². The van der Waals surface area contributed by atoms with Crippen molar-refractivity contribution in [2.24, 2.45) is 0 Å². The number of ether oxygens (including phenoxy) is 1. The van der Waals surface area contributed by atoms with Gasteiger partial charge in [-0.05, 0) is 51.3 Å². The van der Waals surface area contributed by atoms with Crippen molar-refractivity contribution in [2.45, 2.75) is 13.0 Å². The summed E-state index contributed by atoms with van der Waals surface area (Å²) in [6.45, 7) is 1.09. The first kappa shape index (κ1) is 17.6. The summed E-state index contributed by atoms with van der Waals surface area (Å²) < 4.78 is 8.35. The van der Waals surface area contributed by atoms with Crippen molar-refractivity contribution in [2.75, 3.05) is 6.61 Å². The number of carboxylic acid groups (broad SMARTS) is 1. The fraction of sp³-hybridized carbons (Fsp3) is 0.136. The van der Waals surface area contributed by atoms with Crippen LogP contribution in [0.4, 0.5) is 0 Å². The summed E-state index contributed by atoms with van der Waals surface area (Å²) in [5.41, 5.74) is 1.19. The first-order valence-corrected chi connectivity index (χ1v) is 9.56. The molecule has 0 radical (unpaired) electrons. The van der Waals surface area contributed by atoms with Gasteiger partial charge in [0.15, 0.2) is 0 Å². The van der Waals surface area contributed by atoms with Gasteiger partial charge in [0, 0.05) is 17.4 Å². The van der Waals surface area contributed by atoms with E-state index < -0.39 is 5.97 Å². The minimum atomic E-state index is -0.937. The quantitative estimate of drug-likeness (QED) is 0.403. The van der Waals surface area contributed by atoms with E-state index in [-0.39, 0.29) is 5.69 Å². The molecule has 0 amide bonds. The van der Waals surface area contributed by atoms with E-state index >= 15 is 0 Å². The Kier molecular flexibility index (Phi) is 4.86. The van der Waals surface area contributed by atoms with Gasteiger partial charge in [-0.15, -0.1) is 0 Å². The first-order chi connectivity index (χ1) is 13.1. The highest BCUT2D eigenvalue weighted by atomic mass is 79.9. The molecule has 4 rings (SSSR count). The number of halogens is 1. The summed E-state index contributed by atoms with van der Waals surface area (Å²) in [6.07, 6.45) is 0.707. The largest absolute Gasteiger partial charge is 0.494 e. The van der Waals surface area contributed by atoms with E-state index in [1.54, 1.807) is 0 Å². The summed E-state index contributed by atoms with van der Waals surface area (Å²) in [4.78, 5) is 11.7. The predicted molar refractivity (Wildman–Crippen MR) is 111 cm³/mol. The van der Waals surface area contributed by atoms with Gasteiger partial charge in [-0.2, -0.15) is 0 Å². The second kappa shape index (κ2) is 7.45. The molecule has 1 N–H and O–H groups in total. The highest BCUT2D eigenvalue weighted by molar-refractivity contribution is 9.10. The van der Waals surface area contributed by atoms with Gasteiger partial charge in [-0.3, -0.25) is 0 Å². The van der Waals surface area contributed by atoms with Crippen LogP contribution < -0.4 is 4.74 Å². The van der Waals surface area contributed by atoms with Gasteiger partial charge >= 0.3 is 5.97 Å². The number of aromatic carboxylic acids is 1. The lowest BCUT2D eigenvalue weighted by Gasteiger charge is -2.10. The van der Waals surface area contributed by atoms with Crippen LogP contribution in [0.25, 0.3) is 21.7 Å². The molecule has 0 saturated carbocycles. The third-order valence-electron chi connectivity index (χ3n) is 4.63. The molecule has 1 heterocycles. The van der Waals surface area contributed by atoms with Crippen LogP contribution in [0.15, 0.2) is 71.2 Å². The molecular formula is C22H18BrNO3. The number of rotatable bonds is 6. The Morgan fingerprint density at radius 2 is 1.74 bits per heavy atom. The standard InChI is InChI=1S/C22H18BrNO3/c23-20-18-8-3-4-9-19(18)24(21(20)22(25)26)12-5-13-27-17-11-10-15-6-1-2-7-16(15)14-17/h1-4,6-11,14H,5,12-13H2,(H,25,26). The van der Waals surface area contributed by atoms with Crippen molar-refractivity contribution >= 4 is 43.6 Å². The number of aryl methyl sites for hydroxylation is 1. The third-order valence-corrected chi connectivity index (χ3v) is 5.43. The van der Waals surface area contributed by atoms with Gasteiger partial charge in [0.2, 0.25) is 0 Å². The van der Waals surface area contributed by atoms with Crippen LogP contribution >= 0.6 is 15.9 Å². The zero-order valence-corrected chi connectivity index (χ0v) is 16.1. The fourth-order valence-corrected chi connectivity index (χ4v) is 4.09. The number of carboxylic acids is 1. The van der Waals surface area contributed by atoms with Crippen molar-refractivity contribution in [3.05, 3.63) is 76.9 Å². The monoisotopic (exact) mass is 423 g/mol. The SMILES string of the molecule is O=C(O)c1c(Br)c2ccccc2n1CCCOc1ccc2ccccc2c1. The van der Waals surface area contributed by atoms with E-state index in [1.807, 2.05) is 59.2 Å². The number of hydrogen-bond acceptors (Lipinski definition) is 2. The lowest BCUT2D eigenvalue weighted by atomic mass is 10.1. The summed E-state index contributed by atoms with van der Waals surface area (Å²) in [5, 5.41) is 12.8. The van der Waals surface area contributed by atoms with Gasteiger partial charge in [-0.1, -0.05) is 48.5 Å². The number of hydrogen-bond donors (Lipinski definition) is 1. The highest BCUT2D eigenvalue weighted by Gasteiger charge is 2.20. The Hall–Kier alpha value is -2.79. The number of fused-ring (bicyclic) bond motifs is 2. The van der Waals surface area contributed by atoms with Crippen LogP contribution in [0, 0.1) is 0 Å². The van der Waals surface area contributed by atoms with E-state index in [1.165, 1.54) is 5.39 Å². The zero-order valence-electron chi connectivity index (χ0n) is 14.6. The van der Waals surface area contributed by atoms with E-state index in [0.717, 1.165) is 22.0 Å². The van der Waals surface area contributed by atoms with Gasteiger partial charge in [0.1, 0.15) is 11.4 Å². The maximum absolute atomic E-state index is 11.7. The molecule has 5 heteroatoms. The normalized spacial score (nSPS) is 11.1. The number of para-hydroxylation sites is 1. The number of nitrogens with zero attached hydrogens (tertiary/aromatic N) is 1. The Labute approximate surface area is 165 Å². The Bertz CT molecular complexity index is 1130. The van der Waals surface area contributed by atoms with Crippen LogP contribution in [-0.4, -0.2) is 22.2 Å². The van der Waals surface area contributed by atoms with Crippen molar-refractivity contribution in [3.63, 3.8) is 0 Å². The molecule has 0 aliphatic rings. The second-order valence-electron chi connectivity index (χ2n) is 6.35. The van der Waals surface area contributed by atoms with Gasteiger partial charge in [0.05, 0.1) is 11.1 Å². The first-order valence-electron chi connectivity index (χ1n) is 8.77. The molecule has 4 nitrogen and oxygen atoms in total. The minimum absolute atomic E-state index is 0.280. The van der Waals surface area contributed by atoms with Gasteiger partial charge < -0.3 is 14.4 Å². The number of carbonyl (C=O) groups is 1. The molecule has 136 valence electrons. The molecule has 27 heavy (non-hydrogen) atoms. The molecule has 0 aliphatic carbocycles. The molecule has 0 spiro atoms. The summed E-state index contributed by atoms with van der Waals surface area (Å²) in [5.74, 6) is -0.112. The molecular weight excluding hydrogens is 406 g/mol. The molecule has 4 aromatic rings. The molecule has 0 bridgehead atoms. The van der Waals surface area contributed by atoms with Crippen LogP contribution in [0.1, 0.15) is 16.9 Å². The Balaban J connectivity index is 1.49. The van der Waals surface area contributed by atoms with Crippen molar-refractivity contribution in [3.8, 4) is 5.75 Å². The molecule has 0 aliphatic heterocycles. The van der Waals surface area contributed by atoms with E-state index in [4.69, 9.17) is 4.74 Å². The van der Waals surface area contributed by atoms with Crippen molar-refractivity contribution < 1.29 is 14.6 Å². The molecule has 0 unspecified atom stereocenters. The summed E-state index contributed by atoms with van der Waals surface area (Å²) >= 11 is 3.44. The summed E-state index contributed by atoms with van der Waals surface area (Å²) in [7, 11) is 0. The topological polar surface area (TPSA) is 51.5 Å². The smallest absolute Gasteiger partial charge is 0.353 e.